The monoisotopic (exact) mass is 263 g/mol. The van der Waals surface area contributed by atoms with E-state index in [9.17, 15) is 0 Å². The van der Waals surface area contributed by atoms with Crippen molar-refractivity contribution < 1.29 is 9.84 Å². The third kappa shape index (κ3) is 3.15. The summed E-state index contributed by atoms with van der Waals surface area (Å²) in [5.74, 6) is 0.738. The fraction of sp³-hybridized carbons (Fsp3) is 0.143. The van der Waals surface area contributed by atoms with Crippen molar-refractivity contribution in [3.63, 3.8) is 0 Å². The number of aliphatic hydroxyl groups is 1. The number of halogens is 1. The van der Waals surface area contributed by atoms with Crippen LogP contribution in [-0.4, -0.2) is 5.11 Å². The van der Waals surface area contributed by atoms with Crippen molar-refractivity contribution in [1.82, 2.24) is 0 Å². The third-order valence-corrected chi connectivity index (χ3v) is 2.84. The molecule has 0 unspecified atom stereocenters. The Morgan fingerprint density at radius 1 is 1.11 bits per heavy atom. The Kier molecular flexibility index (Phi) is 4.07. The van der Waals surface area contributed by atoms with Crippen LogP contribution in [0, 0.1) is 0 Å². The van der Waals surface area contributed by atoms with Crippen LogP contribution in [0.25, 0.3) is 0 Å². The molecule has 18 heavy (non-hydrogen) atoms. The second-order valence-electron chi connectivity index (χ2n) is 3.93. The average Bonchev–Trinajstić information content (AvgIpc) is 2.38. The van der Waals surface area contributed by atoms with Crippen LogP contribution in [0.3, 0.4) is 0 Å². The fourth-order valence-electron chi connectivity index (χ4n) is 1.55. The number of nitrogen functional groups attached to an aromatic ring is 1. The molecule has 0 spiro atoms. The SMILES string of the molecule is Nc1cc(Cl)ccc1COc1ccc(CO)cc1. The summed E-state index contributed by atoms with van der Waals surface area (Å²) in [5, 5.41) is 9.54. The minimum absolute atomic E-state index is 0.0322. The summed E-state index contributed by atoms with van der Waals surface area (Å²) < 4.78 is 5.61. The smallest absolute Gasteiger partial charge is 0.119 e. The van der Waals surface area contributed by atoms with E-state index in [1.807, 2.05) is 30.3 Å². The molecule has 0 heterocycles. The lowest BCUT2D eigenvalue weighted by Gasteiger charge is -2.09. The van der Waals surface area contributed by atoms with E-state index in [1.165, 1.54) is 0 Å². The molecule has 0 bridgehead atoms. The van der Waals surface area contributed by atoms with Crippen molar-refractivity contribution in [2.45, 2.75) is 13.2 Å². The Bertz CT molecular complexity index is 526. The Balaban J connectivity index is 2.02. The molecule has 0 amide bonds. The maximum absolute atomic E-state index is 8.93. The van der Waals surface area contributed by atoms with Gasteiger partial charge >= 0.3 is 0 Å². The summed E-state index contributed by atoms with van der Waals surface area (Å²) >= 11 is 5.82. The summed E-state index contributed by atoms with van der Waals surface area (Å²) in [5.41, 5.74) is 8.20. The summed E-state index contributed by atoms with van der Waals surface area (Å²) in [6, 6.07) is 12.6. The van der Waals surface area contributed by atoms with Gasteiger partial charge in [0.15, 0.2) is 0 Å². The van der Waals surface area contributed by atoms with Gasteiger partial charge in [-0.1, -0.05) is 29.8 Å². The minimum atomic E-state index is 0.0322. The number of aliphatic hydroxyl groups excluding tert-OH is 1. The van der Waals surface area contributed by atoms with Gasteiger partial charge in [-0.25, -0.2) is 0 Å². The lowest BCUT2D eigenvalue weighted by Crippen LogP contribution is -2.00. The van der Waals surface area contributed by atoms with E-state index < -0.39 is 0 Å². The predicted molar refractivity (Wildman–Crippen MR) is 72.6 cm³/mol. The number of ether oxygens (including phenoxy) is 1. The molecule has 0 atom stereocenters. The molecule has 0 aromatic heterocycles. The van der Waals surface area contributed by atoms with Crippen LogP contribution < -0.4 is 10.5 Å². The average molecular weight is 264 g/mol. The number of nitrogens with two attached hydrogens (primary N) is 1. The van der Waals surface area contributed by atoms with Gasteiger partial charge in [-0.05, 0) is 29.8 Å². The minimum Gasteiger partial charge on any atom is -0.489 e. The van der Waals surface area contributed by atoms with Crippen LogP contribution in [0.15, 0.2) is 42.5 Å². The van der Waals surface area contributed by atoms with Crippen LogP contribution in [0.4, 0.5) is 5.69 Å². The molecule has 2 rings (SSSR count). The number of hydrogen-bond donors (Lipinski definition) is 2. The number of rotatable bonds is 4. The maximum atomic E-state index is 8.93. The topological polar surface area (TPSA) is 55.5 Å². The van der Waals surface area contributed by atoms with Gasteiger partial charge in [0.25, 0.3) is 0 Å². The summed E-state index contributed by atoms with van der Waals surface area (Å²) in [7, 11) is 0. The van der Waals surface area contributed by atoms with E-state index in [0.717, 1.165) is 16.9 Å². The van der Waals surface area contributed by atoms with Crippen molar-refractivity contribution >= 4 is 17.3 Å². The van der Waals surface area contributed by atoms with Gasteiger partial charge in [-0.15, -0.1) is 0 Å². The first kappa shape index (κ1) is 12.7. The van der Waals surface area contributed by atoms with Crippen LogP contribution in [0.1, 0.15) is 11.1 Å². The molecular formula is C14H14ClNO2. The molecule has 0 saturated carbocycles. The lowest BCUT2D eigenvalue weighted by atomic mass is 10.2. The van der Waals surface area contributed by atoms with Crippen molar-refractivity contribution in [1.29, 1.82) is 0 Å². The molecule has 0 saturated heterocycles. The largest absolute Gasteiger partial charge is 0.489 e. The van der Waals surface area contributed by atoms with Crippen molar-refractivity contribution in [2.75, 3.05) is 5.73 Å². The van der Waals surface area contributed by atoms with Gasteiger partial charge in [-0.2, -0.15) is 0 Å². The Morgan fingerprint density at radius 2 is 1.83 bits per heavy atom. The molecule has 2 aromatic rings. The van der Waals surface area contributed by atoms with Crippen molar-refractivity contribution in [3.05, 3.63) is 58.6 Å². The van der Waals surface area contributed by atoms with Gasteiger partial charge < -0.3 is 15.6 Å². The Hall–Kier alpha value is -1.71. The third-order valence-electron chi connectivity index (χ3n) is 2.61. The van der Waals surface area contributed by atoms with E-state index in [4.69, 9.17) is 27.2 Å². The molecule has 2 aromatic carbocycles. The molecular weight excluding hydrogens is 250 g/mol. The van der Waals surface area contributed by atoms with Crippen LogP contribution in [-0.2, 0) is 13.2 Å². The van der Waals surface area contributed by atoms with Crippen LogP contribution >= 0.6 is 11.6 Å². The van der Waals surface area contributed by atoms with Crippen molar-refractivity contribution in [3.8, 4) is 5.75 Å². The zero-order chi connectivity index (χ0) is 13.0. The highest BCUT2D eigenvalue weighted by Crippen LogP contribution is 2.20. The van der Waals surface area contributed by atoms with Gasteiger partial charge in [-0.3, -0.25) is 0 Å². The Labute approximate surface area is 111 Å². The van der Waals surface area contributed by atoms with E-state index in [-0.39, 0.29) is 6.61 Å². The highest BCUT2D eigenvalue weighted by Gasteiger charge is 2.01. The number of benzene rings is 2. The van der Waals surface area contributed by atoms with E-state index in [1.54, 1.807) is 12.1 Å². The molecule has 4 heteroatoms. The van der Waals surface area contributed by atoms with Crippen LogP contribution in [0.5, 0.6) is 5.75 Å². The molecule has 0 fully saturated rings. The van der Waals surface area contributed by atoms with Crippen LogP contribution in [0.2, 0.25) is 5.02 Å². The standard InChI is InChI=1S/C14H14ClNO2/c15-12-4-3-11(14(16)7-12)9-18-13-5-1-10(8-17)2-6-13/h1-7,17H,8-9,16H2. The Morgan fingerprint density at radius 3 is 2.44 bits per heavy atom. The predicted octanol–water partition coefficient (Wildman–Crippen LogP) is 2.99. The van der Waals surface area contributed by atoms with Gasteiger partial charge in [0.1, 0.15) is 12.4 Å². The van der Waals surface area contributed by atoms with Gasteiger partial charge in [0.2, 0.25) is 0 Å². The number of hydrogen-bond acceptors (Lipinski definition) is 3. The quantitative estimate of drug-likeness (QED) is 0.834. The first-order valence-corrected chi connectivity index (χ1v) is 5.93. The van der Waals surface area contributed by atoms with E-state index >= 15 is 0 Å². The number of anilines is 1. The summed E-state index contributed by atoms with van der Waals surface area (Å²) in [6.45, 7) is 0.423. The normalized spacial score (nSPS) is 10.3. The van der Waals surface area contributed by atoms with Crippen molar-refractivity contribution in [2.24, 2.45) is 0 Å². The van der Waals surface area contributed by atoms with E-state index in [0.29, 0.717) is 17.3 Å². The molecule has 94 valence electrons. The second-order valence-corrected chi connectivity index (χ2v) is 4.37. The molecule has 0 radical (unpaired) electrons. The summed E-state index contributed by atoms with van der Waals surface area (Å²) in [6.07, 6.45) is 0. The molecule has 3 nitrogen and oxygen atoms in total. The molecule has 0 aliphatic carbocycles. The van der Waals surface area contributed by atoms with Gasteiger partial charge in [0.05, 0.1) is 6.61 Å². The summed E-state index contributed by atoms with van der Waals surface area (Å²) in [4.78, 5) is 0. The molecule has 0 aliphatic heterocycles. The zero-order valence-electron chi connectivity index (χ0n) is 9.77. The fourth-order valence-corrected chi connectivity index (χ4v) is 1.73. The molecule has 3 N–H and O–H groups in total. The molecule has 0 aliphatic rings. The highest BCUT2D eigenvalue weighted by atomic mass is 35.5. The first-order valence-electron chi connectivity index (χ1n) is 5.55. The zero-order valence-corrected chi connectivity index (χ0v) is 10.5. The second kappa shape index (κ2) is 5.76. The lowest BCUT2D eigenvalue weighted by molar-refractivity contribution is 0.281. The maximum Gasteiger partial charge on any atom is 0.119 e. The van der Waals surface area contributed by atoms with Gasteiger partial charge in [0, 0.05) is 16.3 Å². The first-order chi connectivity index (χ1) is 8.69. The van der Waals surface area contributed by atoms with E-state index in [2.05, 4.69) is 0 Å². The highest BCUT2D eigenvalue weighted by molar-refractivity contribution is 6.30.